The van der Waals surface area contributed by atoms with E-state index >= 15 is 0 Å². The van der Waals surface area contributed by atoms with Crippen molar-refractivity contribution in [1.29, 1.82) is 0 Å². The van der Waals surface area contributed by atoms with Crippen LogP contribution in [-0.2, 0) is 0 Å². The van der Waals surface area contributed by atoms with Gasteiger partial charge >= 0.3 is 0 Å². The minimum Gasteiger partial charge on any atom is -0.311 e. The first-order valence-corrected chi connectivity index (χ1v) is 24.2. The molecule has 300 valence electrons. The quantitative estimate of drug-likeness (QED) is 0.138. The van der Waals surface area contributed by atoms with Crippen LogP contribution in [0.5, 0.6) is 0 Å². The van der Waals surface area contributed by atoms with Crippen LogP contribution in [0, 0.1) is 0 Å². The van der Waals surface area contributed by atoms with E-state index in [4.69, 9.17) is 0 Å². The lowest BCUT2D eigenvalue weighted by molar-refractivity contribution is 1.28. The van der Waals surface area contributed by atoms with Gasteiger partial charge in [-0.15, -0.1) is 0 Å². The molecule has 0 saturated carbocycles. The van der Waals surface area contributed by atoms with Crippen molar-refractivity contribution in [3.63, 3.8) is 0 Å². The van der Waals surface area contributed by atoms with Crippen LogP contribution in [0.15, 0.2) is 261 Å². The molecule has 0 amide bonds. The summed E-state index contributed by atoms with van der Waals surface area (Å²) < 4.78 is 0. The summed E-state index contributed by atoms with van der Waals surface area (Å²) in [5, 5.41) is 10.8. The van der Waals surface area contributed by atoms with Crippen LogP contribution in [-0.4, -0.2) is 8.07 Å². The van der Waals surface area contributed by atoms with Gasteiger partial charge in [-0.1, -0.05) is 224 Å². The van der Waals surface area contributed by atoms with Crippen molar-refractivity contribution in [2.75, 3.05) is 4.90 Å². The van der Waals surface area contributed by atoms with E-state index in [2.05, 4.69) is 266 Å². The van der Waals surface area contributed by atoms with Crippen molar-refractivity contribution in [2.24, 2.45) is 0 Å². The van der Waals surface area contributed by atoms with Crippen molar-refractivity contribution in [1.82, 2.24) is 0 Å². The molecule has 0 atom stereocenters. The average molecular weight is 830 g/mol. The van der Waals surface area contributed by atoms with Gasteiger partial charge in [0.1, 0.15) is 0 Å². The molecule has 0 radical (unpaired) electrons. The molecule has 0 aromatic heterocycles. The number of anilines is 3. The molecule has 0 unspecified atom stereocenters. The molecule has 1 heterocycles. The second-order valence-electron chi connectivity index (χ2n) is 16.9. The Morgan fingerprint density at radius 3 is 1.16 bits per heavy atom. The van der Waals surface area contributed by atoms with E-state index in [1.54, 1.807) is 0 Å². The van der Waals surface area contributed by atoms with Crippen LogP contribution >= 0.6 is 0 Å². The zero-order valence-electron chi connectivity index (χ0n) is 35.3. The maximum Gasteiger partial charge on any atom is 0.180 e. The van der Waals surface area contributed by atoms with Crippen LogP contribution in [0.25, 0.3) is 66.1 Å². The van der Waals surface area contributed by atoms with E-state index in [0.29, 0.717) is 0 Å². The predicted octanol–water partition coefficient (Wildman–Crippen LogP) is 13.8. The van der Waals surface area contributed by atoms with Gasteiger partial charge in [0.2, 0.25) is 0 Å². The molecular formula is C62H43NSi. The SMILES string of the molecule is c1ccc(-c2ccc(N(c3ccc(-c4ccccc4)cc3)c3ccc(-c4cccc5c4-c4ccccc4[Si]5(c4ccc5ccccc5c4)c4ccc5ccccc5c4)cc3)cc2)cc1. The van der Waals surface area contributed by atoms with Gasteiger partial charge in [-0.3, -0.25) is 0 Å². The third kappa shape index (κ3) is 6.30. The topological polar surface area (TPSA) is 3.24 Å². The molecule has 0 fully saturated rings. The van der Waals surface area contributed by atoms with Gasteiger partial charge in [0.25, 0.3) is 0 Å². The molecule has 1 aliphatic rings. The summed E-state index contributed by atoms with van der Waals surface area (Å²) in [6.07, 6.45) is 0. The summed E-state index contributed by atoms with van der Waals surface area (Å²) in [5.41, 5.74) is 13.3. The fourth-order valence-electron chi connectivity index (χ4n) is 10.3. The molecule has 11 aromatic carbocycles. The third-order valence-electron chi connectivity index (χ3n) is 13.3. The van der Waals surface area contributed by atoms with Crippen molar-refractivity contribution in [2.45, 2.75) is 0 Å². The maximum absolute atomic E-state index is 2.81. The zero-order chi connectivity index (χ0) is 42.5. The Labute approximate surface area is 375 Å². The standard InChI is InChI=1S/C62H43NSi/c1-3-14-44(15-4-1)48-26-34-53(35-27-48)63(54-36-28-49(29-37-54)45-16-5-2-6-17-45)55-38-30-50(31-39-55)58-23-13-25-61-62(58)59-22-11-12-24-60(59)64(61,56-40-32-46-18-7-9-20-51(46)42-56)57-41-33-47-19-8-10-21-52(47)43-57/h1-43H. The lowest BCUT2D eigenvalue weighted by Gasteiger charge is -2.32. The molecule has 2 heteroatoms. The number of rotatable bonds is 8. The Hall–Kier alpha value is -8.04. The largest absolute Gasteiger partial charge is 0.311 e. The second-order valence-corrected chi connectivity index (χ2v) is 20.6. The highest BCUT2D eigenvalue weighted by molar-refractivity contribution is 7.22. The molecule has 0 bridgehead atoms. The van der Waals surface area contributed by atoms with Crippen LogP contribution in [0.2, 0.25) is 0 Å². The van der Waals surface area contributed by atoms with E-state index in [1.165, 1.54) is 86.8 Å². The molecule has 0 spiro atoms. The Bertz CT molecular complexity index is 3300. The fourth-order valence-corrected chi connectivity index (χ4v) is 15.5. The lowest BCUT2D eigenvalue weighted by atomic mass is 9.94. The van der Waals surface area contributed by atoms with Crippen molar-refractivity contribution >= 4 is 67.4 Å². The Kier molecular flexibility index (Phi) is 9.25. The van der Waals surface area contributed by atoms with Gasteiger partial charge in [0.05, 0.1) is 0 Å². The monoisotopic (exact) mass is 829 g/mol. The highest BCUT2D eigenvalue weighted by atomic mass is 28.3. The van der Waals surface area contributed by atoms with E-state index in [9.17, 15) is 0 Å². The normalized spacial score (nSPS) is 12.5. The van der Waals surface area contributed by atoms with E-state index in [-0.39, 0.29) is 0 Å². The van der Waals surface area contributed by atoms with Gasteiger partial charge in [-0.25, -0.2) is 0 Å². The molecule has 11 aromatic rings. The van der Waals surface area contributed by atoms with Gasteiger partial charge in [0.15, 0.2) is 8.07 Å². The van der Waals surface area contributed by atoms with Crippen LogP contribution in [0.1, 0.15) is 0 Å². The summed E-state index contributed by atoms with van der Waals surface area (Å²) in [4.78, 5) is 2.37. The summed E-state index contributed by atoms with van der Waals surface area (Å²) >= 11 is 0. The first-order chi connectivity index (χ1) is 31.7. The Morgan fingerprint density at radius 2 is 0.641 bits per heavy atom. The average Bonchev–Trinajstić information content (AvgIpc) is 3.68. The van der Waals surface area contributed by atoms with Crippen molar-refractivity contribution in [3.8, 4) is 44.5 Å². The summed E-state index contributed by atoms with van der Waals surface area (Å²) in [5.74, 6) is 0. The number of benzene rings is 11. The highest BCUT2D eigenvalue weighted by Gasteiger charge is 2.49. The molecule has 0 saturated heterocycles. The smallest absolute Gasteiger partial charge is 0.180 e. The molecule has 0 N–H and O–H groups in total. The first kappa shape index (κ1) is 37.7. The van der Waals surface area contributed by atoms with Crippen LogP contribution in [0.4, 0.5) is 17.1 Å². The minimum atomic E-state index is -2.81. The van der Waals surface area contributed by atoms with Gasteiger partial charge in [-0.2, -0.15) is 0 Å². The molecule has 12 rings (SSSR count). The highest BCUT2D eigenvalue weighted by Crippen LogP contribution is 2.41. The molecule has 64 heavy (non-hydrogen) atoms. The van der Waals surface area contributed by atoms with Crippen LogP contribution < -0.4 is 25.6 Å². The van der Waals surface area contributed by atoms with E-state index in [1.807, 2.05) is 0 Å². The first-order valence-electron chi connectivity index (χ1n) is 22.2. The number of nitrogens with zero attached hydrogens (tertiary/aromatic N) is 1. The lowest BCUT2D eigenvalue weighted by Crippen LogP contribution is -2.72. The zero-order valence-corrected chi connectivity index (χ0v) is 36.3. The minimum absolute atomic E-state index is 1.10. The van der Waals surface area contributed by atoms with Crippen molar-refractivity contribution < 1.29 is 0 Å². The fraction of sp³-hybridized carbons (Fsp3) is 0. The summed E-state index contributed by atoms with van der Waals surface area (Å²) in [6, 6.07) is 96.7. The number of fused-ring (bicyclic) bond motifs is 5. The Morgan fingerprint density at radius 1 is 0.250 bits per heavy atom. The maximum atomic E-state index is 2.48. The predicted molar refractivity (Wildman–Crippen MR) is 275 cm³/mol. The number of hydrogen-bond acceptors (Lipinski definition) is 1. The van der Waals surface area contributed by atoms with E-state index in [0.717, 1.165) is 17.1 Å². The molecular weight excluding hydrogens is 787 g/mol. The molecule has 1 nitrogen and oxygen atoms in total. The van der Waals surface area contributed by atoms with Gasteiger partial charge < -0.3 is 4.90 Å². The van der Waals surface area contributed by atoms with Crippen molar-refractivity contribution in [3.05, 3.63) is 261 Å². The molecule has 0 aliphatic carbocycles. The van der Waals surface area contributed by atoms with Crippen LogP contribution in [0.3, 0.4) is 0 Å². The van der Waals surface area contributed by atoms with Gasteiger partial charge in [0, 0.05) is 17.1 Å². The third-order valence-corrected chi connectivity index (χ3v) is 18.2. The second kappa shape index (κ2) is 15.7. The summed E-state index contributed by atoms with van der Waals surface area (Å²) in [7, 11) is -2.81. The van der Waals surface area contributed by atoms with Gasteiger partial charge in [-0.05, 0) is 123 Å². The molecule has 1 aliphatic heterocycles. The van der Waals surface area contributed by atoms with E-state index < -0.39 is 8.07 Å². The summed E-state index contributed by atoms with van der Waals surface area (Å²) in [6.45, 7) is 0. The Balaban J connectivity index is 1.01. The number of hydrogen-bond donors (Lipinski definition) is 0.